The first-order chi connectivity index (χ1) is 10.2. The Kier molecular flexibility index (Phi) is 7.55. The second-order valence-electron chi connectivity index (χ2n) is 5.79. The van der Waals surface area contributed by atoms with Crippen LogP contribution < -0.4 is 10.1 Å². The first-order valence-electron chi connectivity index (χ1n) is 8.02. The van der Waals surface area contributed by atoms with Crippen molar-refractivity contribution < 1.29 is 4.74 Å². The highest BCUT2D eigenvalue weighted by molar-refractivity contribution is 9.11. The van der Waals surface area contributed by atoms with E-state index in [4.69, 9.17) is 4.74 Å². The largest absolute Gasteiger partial charge is 0.492 e. The van der Waals surface area contributed by atoms with Crippen molar-refractivity contribution in [2.45, 2.75) is 52.0 Å². The summed E-state index contributed by atoms with van der Waals surface area (Å²) in [6.45, 7) is 4.70. The Hall–Kier alpha value is -0.0600. The van der Waals surface area contributed by atoms with E-state index in [-0.39, 0.29) is 0 Å². The minimum Gasteiger partial charge on any atom is -0.492 e. The van der Waals surface area contributed by atoms with Crippen LogP contribution in [0.3, 0.4) is 0 Å². The molecule has 1 aromatic carbocycles. The number of rotatable bonds is 8. The summed E-state index contributed by atoms with van der Waals surface area (Å²) in [7, 11) is 0. The first kappa shape index (κ1) is 17.3. The highest BCUT2D eigenvalue weighted by Gasteiger charge is 2.14. The van der Waals surface area contributed by atoms with E-state index in [1.165, 1.54) is 44.1 Å². The fraction of sp³-hybridized carbons (Fsp3) is 0.647. The zero-order chi connectivity index (χ0) is 15.1. The summed E-state index contributed by atoms with van der Waals surface area (Å²) >= 11 is 7.17. The van der Waals surface area contributed by atoms with Crippen LogP contribution in [-0.4, -0.2) is 13.2 Å². The molecule has 0 heterocycles. The SMILES string of the molecule is CCOc1c(Br)cc(CNCCCC2CCCC2)cc1Br. The summed E-state index contributed by atoms with van der Waals surface area (Å²) in [5.41, 5.74) is 1.28. The molecule has 0 aromatic heterocycles. The Morgan fingerprint density at radius 2 is 1.86 bits per heavy atom. The molecule has 0 amide bonds. The van der Waals surface area contributed by atoms with Gasteiger partial charge < -0.3 is 10.1 Å². The molecule has 0 bridgehead atoms. The van der Waals surface area contributed by atoms with Crippen LogP contribution in [0.4, 0.5) is 0 Å². The molecule has 0 aliphatic heterocycles. The van der Waals surface area contributed by atoms with Crippen LogP contribution in [0.1, 0.15) is 51.0 Å². The molecule has 1 aliphatic rings. The molecule has 1 N–H and O–H groups in total. The monoisotopic (exact) mass is 417 g/mol. The van der Waals surface area contributed by atoms with Crippen molar-refractivity contribution in [1.82, 2.24) is 5.32 Å². The van der Waals surface area contributed by atoms with Crippen LogP contribution in [0.25, 0.3) is 0 Å². The molecule has 0 unspecified atom stereocenters. The molecule has 21 heavy (non-hydrogen) atoms. The van der Waals surface area contributed by atoms with Crippen LogP contribution in [0.15, 0.2) is 21.1 Å². The van der Waals surface area contributed by atoms with E-state index in [9.17, 15) is 0 Å². The van der Waals surface area contributed by atoms with E-state index in [1.807, 2.05) is 6.92 Å². The summed E-state index contributed by atoms with van der Waals surface area (Å²) in [6, 6.07) is 4.28. The minimum atomic E-state index is 0.677. The molecule has 2 rings (SSSR count). The highest BCUT2D eigenvalue weighted by Crippen LogP contribution is 2.34. The van der Waals surface area contributed by atoms with Gasteiger partial charge in [0.05, 0.1) is 15.6 Å². The van der Waals surface area contributed by atoms with Gasteiger partial charge in [0, 0.05) is 6.54 Å². The third-order valence-corrected chi connectivity index (χ3v) is 5.29. The normalized spacial score (nSPS) is 15.6. The Morgan fingerprint density at radius 3 is 2.48 bits per heavy atom. The molecule has 0 radical (unpaired) electrons. The van der Waals surface area contributed by atoms with Gasteiger partial charge in [-0.15, -0.1) is 0 Å². The Bertz CT molecular complexity index is 421. The van der Waals surface area contributed by atoms with E-state index < -0.39 is 0 Å². The van der Waals surface area contributed by atoms with E-state index in [1.54, 1.807) is 0 Å². The lowest BCUT2D eigenvalue weighted by molar-refractivity contribution is 0.336. The molecule has 0 saturated heterocycles. The molecule has 1 aromatic rings. The Balaban J connectivity index is 1.72. The lowest BCUT2D eigenvalue weighted by atomic mass is 10.0. The fourth-order valence-electron chi connectivity index (χ4n) is 3.04. The number of benzene rings is 1. The Labute approximate surface area is 145 Å². The molecule has 1 saturated carbocycles. The minimum absolute atomic E-state index is 0.677. The molecule has 0 atom stereocenters. The van der Waals surface area contributed by atoms with Gasteiger partial charge >= 0.3 is 0 Å². The van der Waals surface area contributed by atoms with Crippen LogP contribution in [0, 0.1) is 5.92 Å². The van der Waals surface area contributed by atoms with Crippen LogP contribution in [0.2, 0.25) is 0 Å². The van der Waals surface area contributed by atoms with Gasteiger partial charge in [-0.05, 0) is 81.8 Å². The maximum absolute atomic E-state index is 5.61. The van der Waals surface area contributed by atoms with Crippen molar-refractivity contribution in [1.29, 1.82) is 0 Å². The smallest absolute Gasteiger partial charge is 0.147 e. The number of halogens is 2. The second-order valence-corrected chi connectivity index (χ2v) is 7.50. The van der Waals surface area contributed by atoms with Crippen molar-refractivity contribution in [2.75, 3.05) is 13.2 Å². The number of hydrogen-bond donors (Lipinski definition) is 1. The van der Waals surface area contributed by atoms with E-state index in [2.05, 4.69) is 49.3 Å². The number of ether oxygens (including phenoxy) is 1. The van der Waals surface area contributed by atoms with Crippen LogP contribution in [0.5, 0.6) is 5.75 Å². The van der Waals surface area contributed by atoms with E-state index in [0.29, 0.717) is 6.61 Å². The number of nitrogens with one attached hydrogen (secondary N) is 1. The zero-order valence-corrected chi connectivity index (χ0v) is 15.9. The molecule has 2 nitrogen and oxygen atoms in total. The van der Waals surface area contributed by atoms with Gasteiger partial charge in [-0.25, -0.2) is 0 Å². The molecule has 4 heteroatoms. The molecule has 1 aliphatic carbocycles. The van der Waals surface area contributed by atoms with Gasteiger partial charge in [0.15, 0.2) is 0 Å². The summed E-state index contributed by atoms with van der Waals surface area (Å²) in [4.78, 5) is 0. The van der Waals surface area contributed by atoms with Gasteiger partial charge in [-0.1, -0.05) is 25.7 Å². The average molecular weight is 419 g/mol. The van der Waals surface area contributed by atoms with Crippen molar-refractivity contribution in [3.05, 3.63) is 26.6 Å². The maximum atomic E-state index is 5.61. The molecular weight excluding hydrogens is 394 g/mol. The molecule has 0 spiro atoms. The molecule has 1 fully saturated rings. The van der Waals surface area contributed by atoms with Crippen molar-refractivity contribution in [3.63, 3.8) is 0 Å². The van der Waals surface area contributed by atoms with Crippen LogP contribution >= 0.6 is 31.9 Å². The van der Waals surface area contributed by atoms with Gasteiger partial charge in [0.1, 0.15) is 5.75 Å². The second kappa shape index (κ2) is 9.16. The quantitative estimate of drug-likeness (QED) is 0.549. The van der Waals surface area contributed by atoms with E-state index in [0.717, 1.165) is 33.7 Å². The first-order valence-corrected chi connectivity index (χ1v) is 9.60. The third kappa shape index (κ3) is 5.57. The predicted octanol–water partition coefficient (Wildman–Crippen LogP) is 5.67. The summed E-state index contributed by atoms with van der Waals surface area (Å²) in [5.74, 6) is 1.89. The van der Waals surface area contributed by atoms with Crippen molar-refractivity contribution in [2.24, 2.45) is 5.92 Å². The lowest BCUT2D eigenvalue weighted by Gasteiger charge is -2.12. The van der Waals surface area contributed by atoms with Gasteiger partial charge in [0.2, 0.25) is 0 Å². The molecular formula is C17H25Br2NO. The van der Waals surface area contributed by atoms with Gasteiger partial charge in [-0.3, -0.25) is 0 Å². The summed E-state index contributed by atoms with van der Waals surface area (Å²) in [6.07, 6.45) is 8.50. The highest BCUT2D eigenvalue weighted by atomic mass is 79.9. The van der Waals surface area contributed by atoms with Crippen LogP contribution in [-0.2, 0) is 6.54 Å². The topological polar surface area (TPSA) is 21.3 Å². The summed E-state index contributed by atoms with van der Waals surface area (Å²) < 4.78 is 7.64. The predicted molar refractivity (Wildman–Crippen MR) is 95.9 cm³/mol. The van der Waals surface area contributed by atoms with E-state index >= 15 is 0 Å². The molecule has 118 valence electrons. The number of hydrogen-bond acceptors (Lipinski definition) is 2. The van der Waals surface area contributed by atoms with Gasteiger partial charge in [-0.2, -0.15) is 0 Å². The third-order valence-electron chi connectivity index (χ3n) is 4.12. The van der Waals surface area contributed by atoms with Gasteiger partial charge in [0.25, 0.3) is 0 Å². The lowest BCUT2D eigenvalue weighted by Crippen LogP contribution is -2.15. The zero-order valence-electron chi connectivity index (χ0n) is 12.8. The maximum Gasteiger partial charge on any atom is 0.147 e. The Morgan fingerprint density at radius 1 is 1.19 bits per heavy atom. The average Bonchev–Trinajstić information content (AvgIpc) is 2.96. The fourth-order valence-corrected chi connectivity index (χ4v) is 4.55. The summed E-state index contributed by atoms with van der Waals surface area (Å²) in [5, 5.41) is 3.55. The van der Waals surface area contributed by atoms with Crippen molar-refractivity contribution >= 4 is 31.9 Å². The van der Waals surface area contributed by atoms with Crippen molar-refractivity contribution in [3.8, 4) is 5.75 Å². The standard InChI is InChI=1S/C17H25Br2NO/c1-2-21-17-15(18)10-14(11-16(17)19)12-20-9-5-8-13-6-3-4-7-13/h10-11,13,20H,2-9,12H2,1H3.